The Labute approximate surface area is 117 Å². The molecule has 0 aliphatic rings. The number of carbonyl (C=O) groups excluding carboxylic acids is 1. The van der Waals surface area contributed by atoms with Gasteiger partial charge in [-0.15, -0.1) is 13.2 Å². The number of nitrogens with one attached hydrogen (secondary N) is 1. The maximum absolute atomic E-state index is 12.6. The van der Waals surface area contributed by atoms with E-state index in [0.717, 1.165) is 6.07 Å². The van der Waals surface area contributed by atoms with E-state index >= 15 is 0 Å². The van der Waals surface area contributed by atoms with Crippen LogP contribution in [-0.4, -0.2) is 17.5 Å². The van der Waals surface area contributed by atoms with Gasteiger partial charge < -0.3 is 4.74 Å². The van der Waals surface area contributed by atoms with Crippen molar-refractivity contribution in [3.8, 4) is 16.9 Å². The van der Waals surface area contributed by atoms with E-state index in [0.29, 0.717) is 5.56 Å². The fraction of sp³-hybridized carbons (Fsp3) is 0.0714. The highest BCUT2D eigenvalue weighted by molar-refractivity contribution is 5.98. The Kier molecular flexibility index (Phi) is 4.13. The second-order valence-electron chi connectivity index (χ2n) is 4.04. The van der Waals surface area contributed by atoms with Crippen molar-refractivity contribution < 1.29 is 27.9 Å². The lowest BCUT2D eigenvalue weighted by Crippen LogP contribution is -2.23. The van der Waals surface area contributed by atoms with E-state index in [1.807, 2.05) is 0 Å². The van der Waals surface area contributed by atoms with Gasteiger partial charge >= 0.3 is 6.36 Å². The predicted octanol–water partition coefficient (Wildman–Crippen LogP) is 3.37. The van der Waals surface area contributed by atoms with Crippen LogP contribution in [0, 0.1) is 0 Å². The Morgan fingerprint density at radius 3 is 2.29 bits per heavy atom. The molecule has 0 bridgehead atoms. The molecule has 7 heteroatoms. The smallest absolute Gasteiger partial charge is 0.404 e. The summed E-state index contributed by atoms with van der Waals surface area (Å²) in [6.45, 7) is 0. The number of hydrogen-bond acceptors (Lipinski definition) is 3. The minimum absolute atomic E-state index is 0.0917. The number of ether oxygens (including phenoxy) is 1. The summed E-state index contributed by atoms with van der Waals surface area (Å²) >= 11 is 0. The zero-order chi connectivity index (χ0) is 15.5. The maximum Gasteiger partial charge on any atom is 0.573 e. The van der Waals surface area contributed by atoms with Gasteiger partial charge in [-0.25, -0.2) is 5.48 Å². The number of rotatable bonds is 3. The first-order chi connectivity index (χ1) is 9.92. The monoisotopic (exact) mass is 297 g/mol. The molecule has 2 aromatic carbocycles. The summed E-state index contributed by atoms with van der Waals surface area (Å²) in [6, 6.07) is 12.1. The number of para-hydroxylation sites is 1. The van der Waals surface area contributed by atoms with Gasteiger partial charge in [0.25, 0.3) is 5.91 Å². The van der Waals surface area contributed by atoms with E-state index in [2.05, 4.69) is 4.74 Å². The highest BCUT2D eigenvalue weighted by Gasteiger charge is 2.34. The average molecular weight is 297 g/mol. The molecule has 2 aromatic rings. The first kappa shape index (κ1) is 14.9. The molecule has 0 unspecified atom stereocenters. The van der Waals surface area contributed by atoms with Crippen LogP contribution in [0.4, 0.5) is 13.2 Å². The standard InChI is InChI=1S/C14H10F3NO3/c15-14(16,17)21-12-10(9-5-2-1-3-6-9)7-4-8-11(12)13(19)18-20/h1-8,20H,(H,18,19). The van der Waals surface area contributed by atoms with Crippen molar-refractivity contribution in [1.82, 2.24) is 5.48 Å². The zero-order valence-corrected chi connectivity index (χ0v) is 10.5. The van der Waals surface area contributed by atoms with Crippen LogP contribution in [0.5, 0.6) is 5.75 Å². The molecular formula is C14H10F3NO3. The summed E-state index contributed by atoms with van der Waals surface area (Å²) in [5, 5.41) is 8.64. The van der Waals surface area contributed by atoms with Crippen LogP contribution in [0.3, 0.4) is 0 Å². The Hall–Kier alpha value is -2.54. The highest BCUT2D eigenvalue weighted by Crippen LogP contribution is 2.36. The van der Waals surface area contributed by atoms with E-state index in [4.69, 9.17) is 5.21 Å². The molecule has 4 nitrogen and oxygen atoms in total. The first-order valence-corrected chi connectivity index (χ1v) is 5.81. The summed E-state index contributed by atoms with van der Waals surface area (Å²) in [4.78, 5) is 11.5. The Morgan fingerprint density at radius 1 is 1.05 bits per heavy atom. The molecule has 0 atom stereocenters. The normalized spacial score (nSPS) is 11.0. The summed E-state index contributed by atoms with van der Waals surface area (Å²) in [6.07, 6.45) is -4.96. The molecule has 0 saturated heterocycles. The summed E-state index contributed by atoms with van der Waals surface area (Å²) in [5.41, 5.74) is 1.42. The summed E-state index contributed by atoms with van der Waals surface area (Å²) < 4.78 is 41.7. The molecule has 21 heavy (non-hydrogen) atoms. The third-order valence-electron chi connectivity index (χ3n) is 2.66. The molecule has 0 radical (unpaired) electrons. The lowest BCUT2D eigenvalue weighted by molar-refractivity contribution is -0.274. The van der Waals surface area contributed by atoms with Crippen molar-refractivity contribution in [1.29, 1.82) is 0 Å². The number of alkyl halides is 3. The van der Waals surface area contributed by atoms with E-state index in [1.165, 1.54) is 17.6 Å². The largest absolute Gasteiger partial charge is 0.573 e. The van der Waals surface area contributed by atoms with Gasteiger partial charge in [0, 0.05) is 5.56 Å². The number of halogens is 3. The van der Waals surface area contributed by atoms with Gasteiger partial charge in [-0.1, -0.05) is 42.5 Å². The quantitative estimate of drug-likeness (QED) is 0.674. The van der Waals surface area contributed by atoms with Crippen LogP contribution in [0.15, 0.2) is 48.5 Å². The van der Waals surface area contributed by atoms with Crippen LogP contribution >= 0.6 is 0 Å². The van der Waals surface area contributed by atoms with Crippen molar-refractivity contribution in [3.63, 3.8) is 0 Å². The summed E-state index contributed by atoms with van der Waals surface area (Å²) in [7, 11) is 0. The van der Waals surface area contributed by atoms with Crippen LogP contribution in [0.1, 0.15) is 10.4 Å². The van der Waals surface area contributed by atoms with E-state index in [9.17, 15) is 18.0 Å². The van der Waals surface area contributed by atoms with Gasteiger partial charge in [0.2, 0.25) is 0 Å². The van der Waals surface area contributed by atoms with Crippen molar-refractivity contribution >= 4 is 5.91 Å². The second kappa shape index (κ2) is 5.84. The molecular weight excluding hydrogens is 287 g/mol. The SMILES string of the molecule is O=C(NO)c1cccc(-c2ccccc2)c1OC(F)(F)F. The van der Waals surface area contributed by atoms with E-state index < -0.39 is 23.6 Å². The molecule has 0 heterocycles. The van der Waals surface area contributed by atoms with Crippen molar-refractivity contribution in [2.24, 2.45) is 0 Å². The number of amides is 1. The molecule has 0 saturated carbocycles. The minimum Gasteiger partial charge on any atom is -0.404 e. The van der Waals surface area contributed by atoms with Gasteiger partial charge in [-0.2, -0.15) is 0 Å². The molecule has 0 fully saturated rings. The van der Waals surface area contributed by atoms with E-state index in [-0.39, 0.29) is 5.56 Å². The molecule has 2 rings (SSSR count). The fourth-order valence-corrected chi connectivity index (χ4v) is 1.85. The van der Waals surface area contributed by atoms with Gasteiger partial charge in [0.1, 0.15) is 5.75 Å². The third kappa shape index (κ3) is 3.51. The molecule has 0 aliphatic carbocycles. The molecule has 2 N–H and O–H groups in total. The molecule has 0 spiro atoms. The second-order valence-corrected chi connectivity index (χ2v) is 4.04. The number of hydrogen-bond donors (Lipinski definition) is 2. The molecule has 0 aromatic heterocycles. The van der Waals surface area contributed by atoms with Gasteiger partial charge in [0.15, 0.2) is 0 Å². The topological polar surface area (TPSA) is 58.6 Å². The van der Waals surface area contributed by atoms with Crippen LogP contribution in [0.25, 0.3) is 11.1 Å². The Bertz CT molecular complexity index is 642. The lowest BCUT2D eigenvalue weighted by atomic mass is 10.0. The number of hydroxylamine groups is 1. The fourth-order valence-electron chi connectivity index (χ4n) is 1.85. The third-order valence-corrected chi connectivity index (χ3v) is 2.66. The minimum atomic E-state index is -4.96. The molecule has 0 aliphatic heterocycles. The van der Waals surface area contributed by atoms with Crippen molar-refractivity contribution in [2.45, 2.75) is 6.36 Å². The van der Waals surface area contributed by atoms with Crippen molar-refractivity contribution in [2.75, 3.05) is 0 Å². The molecule has 1 amide bonds. The van der Waals surface area contributed by atoms with Crippen LogP contribution in [-0.2, 0) is 0 Å². The average Bonchev–Trinajstić information content (AvgIpc) is 2.46. The highest BCUT2D eigenvalue weighted by atomic mass is 19.4. The van der Waals surface area contributed by atoms with Gasteiger partial charge in [-0.05, 0) is 11.6 Å². The van der Waals surface area contributed by atoms with Crippen molar-refractivity contribution in [3.05, 3.63) is 54.1 Å². The lowest BCUT2D eigenvalue weighted by Gasteiger charge is -2.16. The summed E-state index contributed by atoms with van der Waals surface area (Å²) in [5.74, 6) is -1.75. The Morgan fingerprint density at radius 2 is 1.71 bits per heavy atom. The molecule has 110 valence electrons. The Balaban J connectivity index is 2.62. The van der Waals surface area contributed by atoms with E-state index in [1.54, 1.807) is 30.3 Å². The first-order valence-electron chi connectivity index (χ1n) is 5.81. The maximum atomic E-state index is 12.6. The van der Waals surface area contributed by atoms with Gasteiger partial charge in [0.05, 0.1) is 5.56 Å². The van der Waals surface area contributed by atoms with Crippen LogP contribution in [0.2, 0.25) is 0 Å². The predicted molar refractivity (Wildman–Crippen MR) is 67.8 cm³/mol. The zero-order valence-electron chi connectivity index (χ0n) is 10.5. The number of benzene rings is 2. The van der Waals surface area contributed by atoms with Crippen LogP contribution < -0.4 is 10.2 Å². The van der Waals surface area contributed by atoms with Gasteiger partial charge in [-0.3, -0.25) is 10.0 Å². The number of carbonyl (C=O) groups is 1.